The fourth-order valence-corrected chi connectivity index (χ4v) is 7.13. The molecule has 9 heteroatoms. The number of carbonyl (C=O) groups excluding carboxylic acids is 1. The molecule has 0 aliphatic heterocycles. The zero-order chi connectivity index (χ0) is 24.5. The molecule has 4 aromatic rings. The van der Waals surface area contributed by atoms with Crippen LogP contribution in [0.2, 0.25) is 5.02 Å². The summed E-state index contributed by atoms with van der Waals surface area (Å²) in [6.07, 6.45) is 7.13. The molecule has 0 saturated heterocycles. The van der Waals surface area contributed by atoms with Crippen molar-refractivity contribution < 1.29 is 13.6 Å². The van der Waals surface area contributed by atoms with Crippen molar-refractivity contribution in [1.82, 2.24) is 15.2 Å². The van der Waals surface area contributed by atoms with Crippen LogP contribution in [0.1, 0.15) is 40.2 Å². The van der Waals surface area contributed by atoms with Crippen molar-refractivity contribution in [1.29, 1.82) is 0 Å². The molecule has 3 heterocycles. The average molecular weight is 532 g/mol. The van der Waals surface area contributed by atoms with Crippen LogP contribution in [-0.4, -0.2) is 34.9 Å². The Labute approximate surface area is 215 Å². The Bertz CT molecular complexity index is 1350. The number of carbonyl (C=O) groups is 1. The van der Waals surface area contributed by atoms with Crippen molar-refractivity contribution in [2.24, 2.45) is 0 Å². The van der Waals surface area contributed by atoms with Crippen LogP contribution in [0.15, 0.2) is 48.1 Å². The van der Waals surface area contributed by atoms with Crippen LogP contribution in [0.3, 0.4) is 0 Å². The first-order valence-electron chi connectivity index (χ1n) is 11.5. The largest absolute Gasteiger partial charge is 0.330 e. The maximum absolute atomic E-state index is 14.5. The highest BCUT2D eigenvalue weighted by Gasteiger charge is 2.32. The summed E-state index contributed by atoms with van der Waals surface area (Å²) in [6.45, 7) is 0.416. The van der Waals surface area contributed by atoms with Crippen molar-refractivity contribution >= 4 is 50.3 Å². The monoisotopic (exact) mass is 531 g/mol. The molecule has 0 radical (unpaired) electrons. The van der Waals surface area contributed by atoms with E-state index in [4.69, 9.17) is 11.6 Å². The summed E-state index contributed by atoms with van der Waals surface area (Å²) < 4.78 is 29.0. The fourth-order valence-electron chi connectivity index (χ4n) is 4.74. The van der Waals surface area contributed by atoms with Gasteiger partial charge in [-0.2, -0.15) is 0 Å². The Morgan fingerprint density at radius 2 is 1.83 bits per heavy atom. The molecule has 35 heavy (non-hydrogen) atoms. The molecule has 1 amide bonds. The van der Waals surface area contributed by atoms with Crippen LogP contribution in [0.25, 0.3) is 21.2 Å². The van der Waals surface area contributed by atoms with Crippen molar-refractivity contribution in [3.05, 3.63) is 74.5 Å². The highest BCUT2D eigenvalue weighted by molar-refractivity contribution is 7.21. The minimum absolute atomic E-state index is 0.00966. The molecule has 0 spiro atoms. The molecule has 5 rings (SSSR count). The molecule has 0 unspecified atom stereocenters. The van der Waals surface area contributed by atoms with Crippen molar-refractivity contribution in [2.75, 3.05) is 7.05 Å². The molecule has 3 aromatic heterocycles. The third kappa shape index (κ3) is 4.85. The lowest BCUT2D eigenvalue weighted by Crippen LogP contribution is -2.44. The number of aromatic nitrogens is 1. The average Bonchev–Trinajstić information content (AvgIpc) is 3.50. The molecule has 1 aliphatic rings. The van der Waals surface area contributed by atoms with E-state index in [-0.39, 0.29) is 31.9 Å². The molecule has 1 aliphatic carbocycles. The van der Waals surface area contributed by atoms with E-state index >= 15 is 0 Å². The summed E-state index contributed by atoms with van der Waals surface area (Å²) in [5.41, 5.74) is 2.14. The second-order valence-electron chi connectivity index (χ2n) is 8.74. The molecule has 182 valence electrons. The van der Waals surface area contributed by atoms with Gasteiger partial charge < -0.3 is 10.2 Å². The number of hydrogen-bond donors (Lipinski definition) is 1. The lowest BCUT2D eigenvalue weighted by molar-refractivity contribution is 0.0609. The van der Waals surface area contributed by atoms with Crippen molar-refractivity contribution in [3.8, 4) is 11.1 Å². The van der Waals surface area contributed by atoms with Crippen LogP contribution >= 0.6 is 34.3 Å². The van der Waals surface area contributed by atoms with Gasteiger partial charge in [0.2, 0.25) is 0 Å². The third-order valence-electron chi connectivity index (χ3n) is 6.68. The summed E-state index contributed by atoms with van der Waals surface area (Å²) in [7, 11) is 1.96. The van der Waals surface area contributed by atoms with Gasteiger partial charge in [-0.1, -0.05) is 11.6 Å². The zero-order valence-electron chi connectivity index (χ0n) is 19.1. The SMILES string of the molecule is CNC1CCC(N(Cc2cc(-c3ccncc3)cs2)C(=O)c2sc3c(F)ccc(F)c3c2Cl)CC1. The number of thiophene rings is 2. The quantitative estimate of drug-likeness (QED) is 0.288. The second kappa shape index (κ2) is 10.3. The smallest absolute Gasteiger partial charge is 0.266 e. The van der Waals surface area contributed by atoms with Crippen LogP contribution in [-0.2, 0) is 6.54 Å². The van der Waals surface area contributed by atoms with Crippen LogP contribution in [0.5, 0.6) is 0 Å². The molecule has 4 nitrogen and oxygen atoms in total. The standard InChI is InChI=1S/C26H24ClF2N3OS2/c1-30-17-2-4-18(5-3-17)32(13-19-12-16(14-34-19)15-8-10-31-11-9-15)26(33)25-23(27)22-20(28)6-7-21(29)24(22)35-25/h6-12,14,17-18,30H,2-5,13H2,1H3. The number of fused-ring (bicyclic) bond motifs is 1. The Balaban J connectivity index is 1.49. The van der Waals surface area contributed by atoms with E-state index in [2.05, 4.69) is 21.7 Å². The second-order valence-corrected chi connectivity index (χ2v) is 11.1. The molecule has 0 bridgehead atoms. The summed E-state index contributed by atoms with van der Waals surface area (Å²) >= 11 is 9.01. The van der Waals surface area contributed by atoms with E-state index < -0.39 is 11.6 Å². The van der Waals surface area contributed by atoms with E-state index in [0.29, 0.717) is 12.6 Å². The number of benzene rings is 1. The van der Waals surface area contributed by atoms with Gasteiger partial charge in [0, 0.05) is 29.4 Å². The molecule has 1 fully saturated rings. The number of nitrogens with zero attached hydrogens (tertiary/aromatic N) is 2. The molecule has 1 saturated carbocycles. The Morgan fingerprint density at radius 3 is 2.51 bits per heavy atom. The predicted octanol–water partition coefficient (Wildman–Crippen LogP) is 7.13. The molecule has 0 atom stereocenters. The van der Waals surface area contributed by atoms with E-state index in [9.17, 15) is 13.6 Å². The van der Waals surface area contributed by atoms with E-state index in [0.717, 1.165) is 65.2 Å². The van der Waals surface area contributed by atoms with Crippen LogP contribution in [0.4, 0.5) is 8.78 Å². The number of rotatable bonds is 6. The Morgan fingerprint density at radius 1 is 1.11 bits per heavy atom. The highest BCUT2D eigenvalue weighted by Crippen LogP contribution is 2.40. The first-order valence-corrected chi connectivity index (χ1v) is 13.6. The topological polar surface area (TPSA) is 45.2 Å². The zero-order valence-corrected chi connectivity index (χ0v) is 21.5. The molecule has 1 N–H and O–H groups in total. The summed E-state index contributed by atoms with van der Waals surface area (Å²) in [5, 5.41) is 5.37. The maximum atomic E-state index is 14.5. The minimum Gasteiger partial charge on any atom is -0.330 e. The molecule has 1 aromatic carbocycles. The van der Waals surface area contributed by atoms with Gasteiger partial charge in [0.05, 0.1) is 21.7 Å². The van der Waals surface area contributed by atoms with Gasteiger partial charge in [-0.15, -0.1) is 22.7 Å². The van der Waals surface area contributed by atoms with Crippen molar-refractivity contribution in [3.63, 3.8) is 0 Å². The van der Waals surface area contributed by atoms with Gasteiger partial charge >= 0.3 is 0 Å². The predicted molar refractivity (Wildman–Crippen MR) is 139 cm³/mol. The number of hydrogen-bond acceptors (Lipinski definition) is 5. The first kappa shape index (κ1) is 24.3. The molecular formula is C26H24ClF2N3OS2. The molecular weight excluding hydrogens is 508 g/mol. The van der Waals surface area contributed by atoms with Gasteiger partial charge in [-0.05, 0) is 79.6 Å². The van der Waals surface area contributed by atoms with Gasteiger partial charge in [0.1, 0.15) is 16.5 Å². The van der Waals surface area contributed by atoms with Crippen LogP contribution in [0, 0.1) is 11.6 Å². The van der Waals surface area contributed by atoms with Gasteiger partial charge in [-0.25, -0.2) is 8.78 Å². The number of nitrogens with one attached hydrogen (secondary N) is 1. The summed E-state index contributed by atoms with van der Waals surface area (Å²) in [6, 6.07) is 8.57. The van der Waals surface area contributed by atoms with Gasteiger partial charge in [0.25, 0.3) is 5.91 Å². The van der Waals surface area contributed by atoms with E-state index in [1.807, 2.05) is 24.1 Å². The van der Waals surface area contributed by atoms with Gasteiger partial charge in [0.15, 0.2) is 0 Å². The summed E-state index contributed by atoms with van der Waals surface area (Å²) in [4.78, 5) is 21.0. The highest BCUT2D eigenvalue weighted by atomic mass is 35.5. The van der Waals surface area contributed by atoms with E-state index in [1.54, 1.807) is 23.7 Å². The van der Waals surface area contributed by atoms with Crippen LogP contribution < -0.4 is 5.32 Å². The fraction of sp³-hybridized carbons (Fsp3) is 0.308. The Hall–Kier alpha value is -2.39. The lowest BCUT2D eigenvalue weighted by Gasteiger charge is -2.36. The third-order valence-corrected chi connectivity index (χ3v) is 9.27. The van der Waals surface area contributed by atoms with E-state index in [1.165, 1.54) is 0 Å². The number of pyridine rings is 1. The normalized spacial score (nSPS) is 18.2. The lowest BCUT2D eigenvalue weighted by atomic mass is 9.90. The maximum Gasteiger partial charge on any atom is 0.266 e. The first-order chi connectivity index (χ1) is 17.0. The number of amides is 1. The number of halogens is 3. The Kier molecular flexibility index (Phi) is 7.16. The summed E-state index contributed by atoms with van der Waals surface area (Å²) in [5.74, 6) is -1.47. The van der Waals surface area contributed by atoms with Crippen molar-refractivity contribution in [2.45, 2.75) is 44.3 Å². The minimum atomic E-state index is -0.622. The van der Waals surface area contributed by atoms with Gasteiger partial charge in [-0.3, -0.25) is 9.78 Å².